The molecule has 2 heteroatoms. The standard InChI is InChI=1S/C11H17NO/c1-9-7-11(13-4)6-5-10(9)8-12(2)3/h5-7H,8H2,1-4H3. The zero-order valence-corrected chi connectivity index (χ0v) is 8.79. The fourth-order valence-electron chi connectivity index (χ4n) is 1.31. The molecule has 0 aromatic heterocycles. The van der Waals surface area contributed by atoms with Crippen molar-refractivity contribution in [3.63, 3.8) is 0 Å². The molecule has 0 fully saturated rings. The average molecular weight is 179 g/mol. The van der Waals surface area contributed by atoms with Crippen LogP contribution in [0.5, 0.6) is 5.75 Å². The van der Waals surface area contributed by atoms with Gasteiger partial charge in [-0.05, 0) is 44.3 Å². The maximum Gasteiger partial charge on any atom is 0.119 e. The Morgan fingerprint density at radius 1 is 1.31 bits per heavy atom. The Balaban J connectivity index is 2.85. The van der Waals surface area contributed by atoms with Crippen LogP contribution in [0.4, 0.5) is 0 Å². The third kappa shape index (κ3) is 2.74. The van der Waals surface area contributed by atoms with Gasteiger partial charge in [0.15, 0.2) is 0 Å². The van der Waals surface area contributed by atoms with Crippen LogP contribution >= 0.6 is 0 Å². The number of nitrogens with zero attached hydrogens (tertiary/aromatic N) is 1. The summed E-state index contributed by atoms with van der Waals surface area (Å²) in [5, 5.41) is 0. The molecule has 0 heterocycles. The average Bonchev–Trinajstić information content (AvgIpc) is 2.08. The highest BCUT2D eigenvalue weighted by Gasteiger charge is 2.00. The topological polar surface area (TPSA) is 12.5 Å². The number of rotatable bonds is 3. The molecule has 0 saturated carbocycles. The van der Waals surface area contributed by atoms with Gasteiger partial charge in [0.25, 0.3) is 0 Å². The van der Waals surface area contributed by atoms with Crippen molar-refractivity contribution in [2.45, 2.75) is 13.5 Å². The van der Waals surface area contributed by atoms with Crippen molar-refractivity contribution in [1.29, 1.82) is 0 Å². The molecule has 0 unspecified atom stereocenters. The maximum absolute atomic E-state index is 5.14. The van der Waals surface area contributed by atoms with Crippen LogP contribution < -0.4 is 4.74 Å². The second-order valence-corrected chi connectivity index (χ2v) is 3.53. The van der Waals surface area contributed by atoms with E-state index in [0.29, 0.717) is 0 Å². The highest BCUT2D eigenvalue weighted by molar-refractivity contribution is 5.34. The zero-order chi connectivity index (χ0) is 9.84. The Kier molecular flexibility index (Phi) is 3.32. The van der Waals surface area contributed by atoms with Gasteiger partial charge in [-0.2, -0.15) is 0 Å². The number of benzene rings is 1. The molecular formula is C11H17NO. The monoisotopic (exact) mass is 179 g/mol. The van der Waals surface area contributed by atoms with Gasteiger partial charge < -0.3 is 9.64 Å². The van der Waals surface area contributed by atoms with Gasteiger partial charge in [-0.3, -0.25) is 0 Å². The highest BCUT2D eigenvalue weighted by Crippen LogP contribution is 2.17. The van der Waals surface area contributed by atoms with Crippen molar-refractivity contribution in [2.24, 2.45) is 0 Å². The summed E-state index contributed by atoms with van der Waals surface area (Å²) in [4.78, 5) is 2.16. The molecule has 13 heavy (non-hydrogen) atoms. The molecule has 1 aromatic carbocycles. The van der Waals surface area contributed by atoms with Crippen LogP contribution in [0.25, 0.3) is 0 Å². The molecule has 0 amide bonds. The summed E-state index contributed by atoms with van der Waals surface area (Å²) in [5.41, 5.74) is 2.64. The fourth-order valence-corrected chi connectivity index (χ4v) is 1.31. The van der Waals surface area contributed by atoms with Crippen molar-refractivity contribution >= 4 is 0 Å². The lowest BCUT2D eigenvalue weighted by molar-refractivity contribution is 0.398. The Morgan fingerprint density at radius 3 is 2.46 bits per heavy atom. The second-order valence-electron chi connectivity index (χ2n) is 3.53. The molecule has 0 N–H and O–H groups in total. The van der Waals surface area contributed by atoms with Gasteiger partial charge in [0.1, 0.15) is 5.75 Å². The number of methoxy groups -OCH3 is 1. The third-order valence-corrected chi connectivity index (χ3v) is 2.04. The summed E-state index contributed by atoms with van der Waals surface area (Å²) in [6.07, 6.45) is 0. The van der Waals surface area contributed by atoms with Gasteiger partial charge in [-0.25, -0.2) is 0 Å². The Labute approximate surface area is 80.1 Å². The van der Waals surface area contributed by atoms with Gasteiger partial charge in [0.05, 0.1) is 7.11 Å². The van der Waals surface area contributed by atoms with E-state index in [1.807, 2.05) is 6.07 Å². The number of aryl methyl sites for hydroxylation is 1. The molecule has 0 radical (unpaired) electrons. The number of hydrogen-bond donors (Lipinski definition) is 0. The van der Waals surface area contributed by atoms with E-state index in [1.54, 1.807) is 7.11 Å². The molecule has 1 aromatic rings. The van der Waals surface area contributed by atoms with Crippen molar-refractivity contribution < 1.29 is 4.74 Å². The summed E-state index contributed by atoms with van der Waals surface area (Å²) in [7, 11) is 5.84. The molecule has 0 bridgehead atoms. The van der Waals surface area contributed by atoms with Crippen molar-refractivity contribution in [2.75, 3.05) is 21.2 Å². The van der Waals surface area contributed by atoms with Gasteiger partial charge in [-0.1, -0.05) is 6.07 Å². The summed E-state index contributed by atoms with van der Waals surface area (Å²) in [6.45, 7) is 3.09. The molecule has 0 aliphatic carbocycles. The summed E-state index contributed by atoms with van der Waals surface area (Å²) in [5.74, 6) is 0.931. The van der Waals surface area contributed by atoms with Crippen LogP contribution in [0.2, 0.25) is 0 Å². The first-order valence-electron chi connectivity index (χ1n) is 4.41. The molecule has 0 spiro atoms. The van der Waals surface area contributed by atoms with E-state index in [2.05, 4.69) is 38.1 Å². The minimum atomic E-state index is 0.931. The Hall–Kier alpha value is -1.02. The first kappa shape index (κ1) is 10.1. The van der Waals surface area contributed by atoms with Gasteiger partial charge in [0, 0.05) is 6.54 Å². The molecular weight excluding hydrogens is 162 g/mol. The lowest BCUT2D eigenvalue weighted by Gasteiger charge is -2.12. The highest BCUT2D eigenvalue weighted by atomic mass is 16.5. The molecule has 0 aliphatic rings. The third-order valence-electron chi connectivity index (χ3n) is 2.04. The molecule has 1 rings (SSSR count). The lowest BCUT2D eigenvalue weighted by atomic mass is 10.1. The van der Waals surface area contributed by atoms with Gasteiger partial charge in [-0.15, -0.1) is 0 Å². The van der Waals surface area contributed by atoms with E-state index in [9.17, 15) is 0 Å². The van der Waals surface area contributed by atoms with Crippen LogP contribution in [-0.4, -0.2) is 26.1 Å². The maximum atomic E-state index is 5.14. The fraction of sp³-hybridized carbons (Fsp3) is 0.455. The normalized spacial score (nSPS) is 10.5. The minimum Gasteiger partial charge on any atom is -0.497 e. The number of ether oxygens (including phenoxy) is 1. The van der Waals surface area contributed by atoms with E-state index in [0.717, 1.165) is 12.3 Å². The van der Waals surface area contributed by atoms with E-state index < -0.39 is 0 Å². The second kappa shape index (κ2) is 4.28. The van der Waals surface area contributed by atoms with E-state index in [4.69, 9.17) is 4.74 Å². The summed E-state index contributed by atoms with van der Waals surface area (Å²) in [6, 6.07) is 6.19. The molecule has 2 nitrogen and oxygen atoms in total. The van der Waals surface area contributed by atoms with Crippen LogP contribution in [-0.2, 0) is 6.54 Å². The first-order chi connectivity index (χ1) is 6.13. The minimum absolute atomic E-state index is 0.931. The molecule has 0 atom stereocenters. The van der Waals surface area contributed by atoms with Crippen LogP contribution in [0.3, 0.4) is 0 Å². The molecule has 0 aliphatic heterocycles. The van der Waals surface area contributed by atoms with E-state index in [-0.39, 0.29) is 0 Å². The van der Waals surface area contributed by atoms with E-state index >= 15 is 0 Å². The van der Waals surface area contributed by atoms with Crippen LogP contribution in [0.15, 0.2) is 18.2 Å². The first-order valence-corrected chi connectivity index (χ1v) is 4.41. The van der Waals surface area contributed by atoms with Crippen LogP contribution in [0.1, 0.15) is 11.1 Å². The number of hydrogen-bond acceptors (Lipinski definition) is 2. The Morgan fingerprint density at radius 2 is 2.00 bits per heavy atom. The largest absolute Gasteiger partial charge is 0.497 e. The predicted octanol–water partition coefficient (Wildman–Crippen LogP) is 2.07. The molecule has 72 valence electrons. The van der Waals surface area contributed by atoms with Crippen LogP contribution in [0, 0.1) is 6.92 Å². The summed E-state index contributed by atoms with van der Waals surface area (Å²) < 4.78 is 5.14. The lowest BCUT2D eigenvalue weighted by Crippen LogP contribution is -2.11. The van der Waals surface area contributed by atoms with E-state index in [1.165, 1.54) is 11.1 Å². The van der Waals surface area contributed by atoms with Gasteiger partial charge >= 0.3 is 0 Å². The van der Waals surface area contributed by atoms with Crippen molar-refractivity contribution in [3.8, 4) is 5.75 Å². The summed E-state index contributed by atoms with van der Waals surface area (Å²) >= 11 is 0. The predicted molar refractivity (Wildman–Crippen MR) is 55.1 cm³/mol. The quantitative estimate of drug-likeness (QED) is 0.704. The zero-order valence-electron chi connectivity index (χ0n) is 8.79. The van der Waals surface area contributed by atoms with Gasteiger partial charge in [0.2, 0.25) is 0 Å². The van der Waals surface area contributed by atoms with Crippen molar-refractivity contribution in [3.05, 3.63) is 29.3 Å². The SMILES string of the molecule is COc1ccc(CN(C)C)c(C)c1. The molecule has 0 saturated heterocycles. The van der Waals surface area contributed by atoms with Crippen molar-refractivity contribution in [1.82, 2.24) is 4.90 Å². The Bertz CT molecular complexity index is 281. The smallest absolute Gasteiger partial charge is 0.119 e.